The molecule has 0 aliphatic heterocycles. The minimum absolute atomic E-state index is 0.0104. The number of hydrogen-bond acceptors (Lipinski definition) is 3. The van der Waals surface area contributed by atoms with E-state index < -0.39 is 10.0 Å². The van der Waals surface area contributed by atoms with Crippen molar-refractivity contribution >= 4 is 10.0 Å². The van der Waals surface area contributed by atoms with E-state index in [-0.39, 0.29) is 36.0 Å². The highest BCUT2D eigenvalue weighted by atomic mass is 32.2. The van der Waals surface area contributed by atoms with Gasteiger partial charge in [-0.05, 0) is 61.4 Å². The number of sulfonamides is 1. The Labute approximate surface area is 166 Å². The van der Waals surface area contributed by atoms with Crippen molar-refractivity contribution in [2.75, 3.05) is 12.8 Å². The Hall–Kier alpha value is -1.76. The van der Waals surface area contributed by atoms with Gasteiger partial charge in [0, 0.05) is 24.1 Å². The SMILES string of the molecule is CNC1Cc2cc(F)c(CNS(=O)(=O)CC3CC3)cc2C1Cc1ccccc1. The van der Waals surface area contributed by atoms with Crippen molar-refractivity contribution in [1.82, 2.24) is 10.0 Å². The van der Waals surface area contributed by atoms with E-state index in [1.807, 2.05) is 31.3 Å². The molecule has 1 saturated carbocycles. The van der Waals surface area contributed by atoms with Gasteiger partial charge in [-0.1, -0.05) is 36.4 Å². The Morgan fingerprint density at radius 3 is 2.57 bits per heavy atom. The molecule has 2 atom stereocenters. The predicted molar refractivity (Wildman–Crippen MR) is 109 cm³/mol. The molecule has 0 aromatic heterocycles. The summed E-state index contributed by atoms with van der Waals surface area (Å²) in [5.41, 5.74) is 3.81. The monoisotopic (exact) mass is 402 g/mol. The molecule has 0 saturated heterocycles. The summed E-state index contributed by atoms with van der Waals surface area (Å²) < 4.78 is 41.5. The van der Waals surface area contributed by atoms with Gasteiger partial charge in [-0.2, -0.15) is 0 Å². The van der Waals surface area contributed by atoms with Crippen LogP contribution in [0.15, 0.2) is 42.5 Å². The molecule has 0 bridgehead atoms. The third-order valence-electron chi connectivity index (χ3n) is 5.94. The van der Waals surface area contributed by atoms with Crippen LogP contribution in [0.5, 0.6) is 0 Å². The molecule has 1 fully saturated rings. The highest BCUT2D eigenvalue weighted by Crippen LogP contribution is 2.37. The van der Waals surface area contributed by atoms with Crippen LogP contribution in [0.25, 0.3) is 0 Å². The van der Waals surface area contributed by atoms with Gasteiger partial charge in [0.1, 0.15) is 5.82 Å². The highest BCUT2D eigenvalue weighted by molar-refractivity contribution is 7.89. The molecule has 28 heavy (non-hydrogen) atoms. The summed E-state index contributed by atoms with van der Waals surface area (Å²) in [6.45, 7) is 0.0104. The Kier molecular flexibility index (Phi) is 5.54. The lowest BCUT2D eigenvalue weighted by Crippen LogP contribution is -2.30. The average Bonchev–Trinajstić information content (AvgIpc) is 3.41. The molecule has 4 nitrogen and oxygen atoms in total. The van der Waals surface area contributed by atoms with E-state index in [0.29, 0.717) is 5.56 Å². The molecule has 4 rings (SSSR count). The minimum atomic E-state index is -3.35. The second kappa shape index (κ2) is 7.93. The molecule has 2 aromatic carbocycles. The van der Waals surface area contributed by atoms with E-state index in [1.165, 1.54) is 5.56 Å². The molecular formula is C22H27FN2O2S. The smallest absolute Gasteiger partial charge is 0.212 e. The standard InChI is InChI=1S/C22H27FN2O2S/c1-24-22-12-17-11-21(23)18(13-25-28(26,27)14-16-7-8-16)10-19(17)20(22)9-15-5-3-2-4-6-15/h2-6,10-11,16,20,22,24-25H,7-9,12-14H2,1H3. The average molecular weight is 403 g/mol. The van der Waals surface area contributed by atoms with E-state index in [4.69, 9.17) is 0 Å². The van der Waals surface area contributed by atoms with Gasteiger partial charge in [-0.25, -0.2) is 17.5 Å². The molecule has 150 valence electrons. The number of halogens is 1. The van der Waals surface area contributed by atoms with Crippen LogP contribution < -0.4 is 10.0 Å². The summed E-state index contributed by atoms with van der Waals surface area (Å²) in [6.07, 6.45) is 3.60. The summed E-state index contributed by atoms with van der Waals surface area (Å²) in [6, 6.07) is 14.0. The van der Waals surface area contributed by atoms with E-state index in [1.54, 1.807) is 6.07 Å². The van der Waals surface area contributed by atoms with E-state index in [0.717, 1.165) is 36.8 Å². The number of fused-ring (bicyclic) bond motifs is 1. The summed E-state index contributed by atoms with van der Waals surface area (Å²) >= 11 is 0. The van der Waals surface area contributed by atoms with E-state index >= 15 is 0 Å². The first-order chi connectivity index (χ1) is 13.4. The fourth-order valence-electron chi connectivity index (χ4n) is 4.20. The van der Waals surface area contributed by atoms with Crippen LogP contribution in [-0.2, 0) is 29.4 Å². The predicted octanol–water partition coefficient (Wildman–Crippen LogP) is 3.13. The maximum Gasteiger partial charge on any atom is 0.212 e. The van der Waals surface area contributed by atoms with Crippen molar-refractivity contribution < 1.29 is 12.8 Å². The molecule has 0 spiro atoms. The number of nitrogens with one attached hydrogen (secondary N) is 2. The second-order valence-corrected chi connectivity index (χ2v) is 9.94. The highest BCUT2D eigenvalue weighted by Gasteiger charge is 2.33. The zero-order valence-electron chi connectivity index (χ0n) is 16.1. The van der Waals surface area contributed by atoms with Gasteiger partial charge < -0.3 is 5.32 Å². The molecule has 0 amide bonds. The Balaban J connectivity index is 1.55. The van der Waals surface area contributed by atoms with Crippen LogP contribution in [0.4, 0.5) is 4.39 Å². The largest absolute Gasteiger partial charge is 0.316 e. The normalized spacial score (nSPS) is 21.6. The molecule has 0 radical (unpaired) electrons. The van der Waals surface area contributed by atoms with Crippen molar-refractivity contribution in [3.05, 3.63) is 70.5 Å². The minimum Gasteiger partial charge on any atom is -0.316 e. The van der Waals surface area contributed by atoms with Crippen LogP contribution >= 0.6 is 0 Å². The molecule has 2 N–H and O–H groups in total. The van der Waals surface area contributed by atoms with Crippen molar-refractivity contribution in [2.45, 2.75) is 44.2 Å². The third-order valence-corrected chi connectivity index (χ3v) is 7.43. The van der Waals surface area contributed by atoms with Crippen LogP contribution in [0.3, 0.4) is 0 Å². The van der Waals surface area contributed by atoms with Gasteiger partial charge in [0.15, 0.2) is 0 Å². The Morgan fingerprint density at radius 2 is 1.89 bits per heavy atom. The lowest BCUT2D eigenvalue weighted by atomic mass is 9.90. The maximum absolute atomic E-state index is 14.6. The molecular weight excluding hydrogens is 375 g/mol. The van der Waals surface area contributed by atoms with Crippen molar-refractivity contribution in [3.63, 3.8) is 0 Å². The van der Waals surface area contributed by atoms with E-state index in [2.05, 4.69) is 22.2 Å². The van der Waals surface area contributed by atoms with Crippen LogP contribution in [-0.4, -0.2) is 27.3 Å². The molecule has 2 aromatic rings. The fraction of sp³-hybridized carbons (Fsp3) is 0.455. The Morgan fingerprint density at radius 1 is 1.14 bits per heavy atom. The third kappa shape index (κ3) is 4.45. The van der Waals surface area contributed by atoms with Gasteiger partial charge in [0.25, 0.3) is 0 Å². The first-order valence-electron chi connectivity index (χ1n) is 9.95. The van der Waals surface area contributed by atoms with Gasteiger partial charge >= 0.3 is 0 Å². The first kappa shape index (κ1) is 19.6. The maximum atomic E-state index is 14.6. The van der Waals surface area contributed by atoms with Crippen molar-refractivity contribution in [3.8, 4) is 0 Å². The van der Waals surface area contributed by atoms with E-state index in [9.17, 15) is 12.8 Å². The topological polar surface area (TPSA) is 58.2 Å². The molecule has 0 heterocycles. The summed E-state index contributed by atoms with van der Waals surface area (Å²) in [5.74, 6) is 0.333. The molecule has 2 aliphatic rings. The lowest BCUT2D eigenvalue weighted by Gasteiger charge is -2.20. The summed E-state index contributed by atoms with van der Waals surface area (Å²) in [4.78, 5) is 0. The van der Waals surface area contributed by atoms with Gasteiger partial charge in [0.05, 0.1) is 5.75 Å². The first-order valence-corrected chi connectivity index (χ1v) is 11.6. The quantitative estimate of drug-likeness (QED) is 0.713. The Bertz CT molecular complexity index is 943. The fourth-order valence-corrected chi connectivity index (χ4v) is 5.64. The van der Waals surface area contributed by atoms with Crippen molar-refractivity contribution in [2.24, 2.45) is 5.92 Å². The number of benzene rings is 2. The molecule has 6 heteroatoms. The zero-order chi connectivity index (χ0) is 19.7. The molecule has 2 aliphatic carbocycles. The lowest BCUT2D eigenvalue weighted by molar-refractivity contribution is 0.492. The number of likely N-dealkylation sites (N-methyl/N-ethyl adjacent to an activating group) is 1. The zero-order valence-corrected chi connectivity index (χ0v) is 16.9. The van der Waals surface area contributed by atoms with Crippen LogP contribution in [0.2, 0.25) is 0 Å². The number of hydrogen-bond donors (Lipinski definition) is 2. The molecule has 2 unspecified atom stereocenters. The van der Waals surface area contributed by atoms with Crippen molar-refractivity contribution in [1.29, 1.82) is 0 Å². The van der Waals surface area contributed by atoms with Gasteiger partial charge in [-0.3, -0.25) is 0 Å². The summed E-state index contributed by atoms with van der Waals surface area (Å²) in [7, 11) is -1.41. The van der Waals surface area contributed by atoms with Crippen LogP contribution in [0.1, 0.15) is 41.0 Å². The second-order valence-electron chi connectivity index (χ2n) is 8.08. The van der Waals surface area contributed by atoms with Crippen LogP contribution in [0, 0.1) is 11.7 Å². The van der Waals surface area contributed by atoms with Gasteiger partial charge in [-0.15, -0.1) is 0 Å². The van der Waals surface area contributed by atoms with Gasteiger partial charge in [0.2, 0.25) is 10.0 Å². The summed E-state index contributed by atoms with van der Waals surface area (Å²) in [5, 5.41) is 3.37. The number of rotatable bonds is 8.